The number of hydrogen-bond donors (Lipinski definition) is 0. The Labute approximate surface area is 279 Å². The van der Waals surface area contributed by atoms with Crippen molar-refractivity contribution in [2.45, 2.75) is 37.5 Å². The monoisotopic (exact) mass is 670 g/mol. The molecular weight excluding hydrogens is 649 g/mol. The van der Waals surface area contributed by atoms with Crippen LogP contribution in [0.15, 0.2) is 71.8 Å². The summed E-state index contributed by atoms with van der Waals surface area (Å²) in [6, 6.07) is 18.5. The largest absolute Gasteiger partial charge is 0.288 e. The van der Waals surface area contributed by atoms with E-state index in [2.05, 4.69) is 12.1 Å². The second-order valence-corrected chi connectivity index (χ2v) is 16.7. The van der Waals surface area contributed by atoms with Gasteiger partial charge in [0, 0.05) is 57.9 Å². The van der Waals surface area contributed by atoms with Gasteiger partial charge in [-0.3, -0.25) is 19.2 Å². The van der Waals surface area contributed by atoms with Gasteiger partial charge in [0.1, 0.15) is 0 Å². The number of fused-ring (bicyclic) bond motifs is 11. The first kappa shape index (κ1) is 27.1. The SMILES string of the molecule is O=C1C(=Cc2cc3sc4c(c3s2)C2(CCCCC2)c2c-4sc3cc(C=C4C(=O)c5ccccc5C4=O)sc23)C(=O)c2ccccc21. The first-order valence-electron chi connectivity index (χ1n) is 15.4. The fourth-order valence-electron chi connectivity index (χ4n) is 8.02. The minimum Gasteiger partial charge on any atom is -0.288 e. The van der Waals surface area contributed by atoms with E-state index in [1.807, 2.05) is 22.7 Å². The second-order valence-electron chi connectivity index (χ2n) is 12.5. The van der Waals surface area contributed by atoms with Crippen LogP contribution in [-0.2, 0) is 5.41 Å². The van der Waals surface area contributed by atoms with Crippen molar-refractivity contribution in [3.63, 3.8) is 0 Å². The molecule has 4 aromatic heterocycles. The highest BCUT2D eigenvalue weighted by atomic mass is 32.1. The van der Waals surface area contributed by atoms with Crippen LogP contribution in [0.4, 0.5) is 0 Å². The number of benzene rings is 2. The molecule has 0 atom stereocenters. The van der Waals surface area contributed by atoms with Crippen molar-refractivity contribution in [3.8, 4) is 9.75 Å². The Morgan fingerprint density at radius 2 is 0.913 bits per heavy atom. The van der Waals surface area contributed by atoms with E-state index in [0.717, 1.165) is 22.6 Å². The van der Waals surface area contributed by atoms with Crippen molar-refractivity contribution < 1.29 is 19.2 Å². The Bertz CT molecular complexity index is 2240. The average molecular weight is 671 g/mol. The number of allylic oxidation sites excluding steroid dienone is 2. The van der Waals surface area contributed by atoms with Gasteiger partial charge in [-0.2, -0.15) is 0 Å². The molecule has 1 fully saturated rings. The van der Waals surface area contributed by atoms with Gasteiger partial charge < -0.3 is 0 Å². The van der Waals surface area contributed by atoms with Crippen LogP contribution in [0.1, 0.15) is 94.4 Å². The normalized spacial score (nSPS) is 17.8. The van der Waals surface area contributed by atoms with Crippen LogP contribution in [0, 0.1) is 0 Å². The summed E-state index contributed by atoms with van der Waals surface area (Å²) in [5, 5.41) is 0. The molecular formula is C38H22O4S4. The molecule has 0 saturated heterocycles. The van der Waals surface area contributed by atoms with E-state index >= 15 is 0 Å². The Balaban J connectivity index is 1.08. The quantitative estimate of drug-likeness (QED) is 0.136. The molecule has 4 aliphatic carbocycles. The van der Waals surface area contributed by atoms with Crippen LogP contribution in [0.25, 0.3) is 40.7 Å². The van der Waals surface area contributed by atoms with E-state index in [9.17, 15) is 19.2 Å². The van der Waals surface area contributed by atoms with Crippen molar-refractivity contribution in [2.24, 2.45) is 0 Å². The minimum absolute atomic E-state index is 0.0750. The molecule has 0 bridgehead atoms. The predicted molar refractivity (Wildman–Crippen MR) is 188 cm³/mol. The van der Waals surface area contributed by atoms with E-state index in [1.54, 1.807) is 83.4 Å². The number of ketones is 4. The highest BCUT2D eigenvalue weighted by molar-refractivity contribution is 7.35. The molecule has 8 heteroatoms. The first-order valence-corrected chi connectivity index (χ1v) is 18.6. The molecule has 4 aliphatic rings. The molecule has 6 aromatic rings. The zero-order chi connectivity index (χ0) is 30.9. The van der Waals surface area contributed by atoms with Gasteiger partial charge in [0.05, 0.1) is 30.3 Å². The van der Waals surface area contributed by atoms with Crippen LogP contribution in [0.3, 0.4) is 0 Å². The lowest BCUT2D eigenvalue weighted by atomic mass is 9.68. The average Bonchev–Trinajstić information content (AvgIpc) is 3.91. The number of thiophene rings is 4. The van der Waals surface area contributed by atoms with E-state index in [4.69, 9.17) is 0 Å². The summed E-state index contributed by atoms with van der Waals surface area (Å²) in [6.45, 7) is 0. The molecule has 222 valence electrons. The van der Waals surface area contributed by atoms with Gasteiger partial charge in [0.2, 0.25) is 0 Å². The van der Waals surface area contributed by atoms with E-state index in [0.29, 0.717) is 22.3 Å². The molecule has 1 spiro atoms. The first-order chi connectivity index (χ1) is 22.4. The van der Waals surface area contributed by atoms with Crippen molar-refractivity contribution in [1.82, 2.24) is 0 Å². The van der Waals surface area contributed by atoms with Crippen LogP contribution in [0.2, 0.25) is 0 Å². The summed E-state index contributed by atoms with van der Waals surface area (Å²) in [7, 11) is 0. The fourth-order valence-corrected chi connectivity index (χ4v) is 13.7. The smallest absolute Gasteiger partial charge is 0.197 e. The van der Waals surface area contributed by atoms with Crippen LogP contribution >= 0.6 is 45.3 Å². The summed E-state index contributed by atoms with van der Waals surface area (Å²) in [5.41, 5.74) is 5.26. The molecule has 0 N–H and O–H groups in total. The number of carbonyl (C=O) groups excluding carboxylic acids is 4. The van der Waals surface area contributed by atoms with Crippen molar-refractivity contribution in [2.75, 3.05) is 0 Å². The fraction of sp³-hybridized carbons (Fsp3) is 0.158. The van der Waals surface area contributed by atoms with Crippen molar-refractivity contribution >= 4 is 99.4 Å². The van der Waals surface area contributed by atoms with E-state index < -0.39 is 0 Å². The number of Topliss-reactive ketones (excluding diaryl/α,β-unsaturated/α-hetero) is 4. The zero-order valence-corrected chi connectivity index (χ0v) is 27.5. The highest BCUT2D eigenvalue weighted by Crippen LogP contribution is 2.66. The standard InChI is InChI=1S/C38H22O4S4/c39-30-20-8-2-3-9-21(20)31(40)24(30)14-18-16-26-34(43-18)28-36(45-26)37-29(38(28)12-6-1-7-13-38)35-27(46-37)17-19(44-35)15-25-32(41)22-10-4-5-11-23(22)33(25)42/h2-5,8-11,14-17H,1,6-7,12-13H2. The lowest BCUT2D eigenvalue weighted by Crippen LogP contribution is -2.27. The molecule has 2 aromatic carbocycles. The third-order valence-electron chi connectivity index (χ3n) is 10.0. The Morgan fingerprint density at radius 3 is 1.30 bits per heavy atom. The number of hydrogen-bond acceptors (Lipinski definition) is 8. The maximum atomic E-state index is 13.1. The molecule has 0 radical (unpaired) electrons. The van der Waals surface area contributed by atoms with E-state index in [-0.39, 0.29) is 39.7 Å². The molecule has 0 amide bonds. The molecule has 4 heterocycles. The van der Waals surface area contributed by atoms with Gasteiger partial charge >= 0.3 is 0 Å². The van der Waals surface area contributed by atoms with Gasteiger partial charge in [0.15, 0.2) is 23.1 Å². The summed E-state index contributed by atoms with van der Waals surface area (Å²) >= 11 is 7.06. The lowest BCUT2D eigenvalue weighted by Gasteiger charge is -2.35. The minimum atomic E-state index is -0.191. The highest BCUT2D eigenvalue weighted by Gasteiger charge is 2.49. The molecule has 46 heavy (non-hydrogen) atoms. The molecule has 10 rings (SSSR count). The van der Waals surface area contributed by atoms with Crippen LogP contribution in [0.5, 0.6) is 0 Å². The Morgan fingerprint density at radius 1 is 0.522 bits per heavy atom. The van der Waals surface area contributed by atoms with E-state index in [1.165, 1.54) is 58.9 Å². The molecule has 0 aliphatic heterocycles. The van der Waals surface area contributed by atoms with Gasteiger partial charge in [-0.25, -0.2) is 0 Å². The third kappa shape index (κ3) is 3.47. The second kappa shape index (κ2) is 9.48. The third-order valence-corrected chi connectivity index (χ3v) is 14.9. The maximum Gasteiger partial charge on any atom is 0.197 e. The maximum absolute atomic E-state index is 13.1. The zero-order valence-electron chi connectivity index (χ0n) is 24.2. The van der Waals surface area contributed by atoms with Gasteiger partial charge in [-0.15, -0.1) is 45.3 Å². The number of carbonyl (C=O) groups is 4. The topological polar surface area (TPSA) is 68.3 Å². The Hall–Kier alpha value is -4.08. The van der Waals surface area contributed by atoms with Crippen molar-refractivity contribution in [3.05, 3.63) is 115 Å². The summed E-state index contributed by atoms with van der Waals surface area (Å²) in [4.78, 5) is 57.1. The van der Waals surface area contributed by atoms with Crippen LogP contribution in [-0.4, -0.2) is 23.1 Å². The van der Waals surface area contributed by atoms with Crippen molar-refractivity contribution in [1.29, 1.82) is 0 Å². The van der Waals surface area contributed by atoms with Gasteiger partial charge in [-0.1, -0.05) is 67.8 Å². The lowest BCUT2D eigenvalue weighted by molar-refractivity contribution is 0.0975. The summed E-state index contributed by atoms with van der Waals surface area (Å²) < 4.78 is 4.99. The van der Waals surface area contributed by atoms with Gasteiger partial charge in [0.25, 0.3) is 0 Å². The number of rotatable bonds is 2. The Kier molecular flexibility index (Phi) is 5.58. The summed E-state index contributed by atoms with van der Waals surface area (Å²) in [6.07, 6.45) is 9.34. The van der Waals surface area contributed by atoms with Gasteiger partial charge in [-0.05, 0) is 37.1 Å². The summed E-state index contributed by atoms with van der Waals surface area (Å²) in [5.74, 6) is -0.762. The molecule has 1 saturated carbocycles. The van der Waals surface area contributed by atoms with Crippen LogP contribution < -0.4 is 0 Å². The molecule has 4 nitrogen and oxygen atoms in total. The predicted octanol–water partition coefficient (Wildman–Crippen LogP) is 10.4. The molecule has 0 unspecified atom stereocenters.